The van der Waals surface area contributed by atoms with Gasteiger partial charge in [0.1, 0.15) is 0 Å². The summed E-state index contributed by atoms with van der Waals surface area (Å²) in [7, 11) is 0. The molecule has 0 saturated heterocycles. The van der Waals surface area contributed by atoms with Crippen LogP contribution in [0, 0.1) is 13.8 Å². The van der Waals surface area contributed by atoms with E-state index in [1.165, 1.54) is 0 Å². The molecule has 0 spiro atoms. The van der Waals surface area contributed by atoms with Crippen LogP contribution in [0.4, 0.5) is 5.69 Å². The third-order valence-corrected chi connectivity index (χ3v) is 2.60. The van der Waals surface area contributed by atoms with Gasteiger partial charge in [0.25, 0.3) is 0 Å². The maximum Gasteiger partial charge on any atom is 0.0917 e. The Morgan fingerprint density at radius 3 is 2.67 bits per heavy atom. The molecule has 2 heterocycles. The van der Waals surface area contributed by atoms with Crippen LogP contribution in [0.5, 0.6) is 0 Å². The van der Waals surface area contributed by atoms with Gasteiger partial charge in [0.2, 0.25) is 0 Å². The average Bonchev–Trinajstić information content (AvgIpc) is 2.71. The first kappa shape index (κ1) is 9.76. The molecule has 5 heteroatoms. The first-order valence-corrected chi connectivity index (χ1v) is 4.98. The van der Waals surface area contributed by atoms with Crippen LogP contribution >= 0.6 is 0 Å². The zero-order valence-corrected chi connectivity index (χ0v) is 9.20. The Bertz CT molecular complexity index is 480. The number of nitrogens with two attached hydrogens (primary N) is 1. The van der Waals surface area contributed by atoms with E-state index in [0.717, 1.165) is 29.2 Å². The van der Waals surface area contributed by atoms with Crippen LogP contribution in [-0.2, 0) is 6.54 Å². The zero-order chi connectivity index (χ0) is 11.0. The van der Waals surface area contributed by atoms with Gasteiger partial charge in [-0.2, -0.15) is 10.2 Å². The first-order chi connectivity index (χ1) is 7.15. The molecule has 0 aliphatic rings. The molecule has 5 nitrogen and oxygen atoms in total. The molecule has 2 rings (SSSR count). The van der Waals surface area contributed by atoms with E-state index in [0.29, 0.717) is 5.69 Å². The van der Waals surface area contributed by atoms with E-state index in [2.05, 4.69) is 22.2 Å². The second-order valence-corrected chi connectivity index (χ2v) is 3.56. The number of aryl methyl sites for hydroxylation is 2. The summed E-state index contributed by atoms with van der Waals surface area (Å²) in [5.41, 5.74) is 10.5. The van der Waals surface area contributed by atoms with Crippen molar-refractivity contribution in [2.24, 2.45) is 0 Å². The maximum absolute atomic E-state index is 5.83. The van der Waals surface area contributed by atoms with Gasteiger partial charge < -0.3 is 5.73 Å². The Morgan fingerprint density at radius 1 is 1.47 bits per heavy atom. The summed E-state index contributed by atoms with van der Waals surface area (Å²) >= 11 is 0. The van der Waals surface area contributed by atoms with E-state index in [-0.39, 0.29) is 0 Å². The largest absolute Gasteiger partial charge is 0.396 e. The lowest BCUT2D eigenvalue weighted by molar-refractivity contribution is 0.634. The molecule has 3 N–H and O–H groups in total. The van der Waals surface area contributed by atoms with Gasteiger partial charge in [0, 0.05) is 17.8 Å². The number of nitrogens with one attached hydrogen (secondary N) is 1. The molecule has 0 saturated carbocycles. The molecule has 0 aliphatic carbocycles. The standard InChI is InChI=1S/C10H15N5/c1-4-15-7(3)9(6(2)14-15)10-8(11)5-12-13-10/h5H,4,11H2,1-3H3,(H,12,13). The van der Waals surface area contributed by atoms with Crippen molar-refractivity contribution < 1.29 is 0 Å². The highest BCUT2D eigenvalue weighted by Gasteiger charge is 2.15. The van der Waals surface area contributed by atoms with Gasteiger partial charge >= 0.3 is 0 Å². The van der Waals surface area contributed by atoms with Crippen LogP contribution in [-0.4, -0.2) is 20.0 Å². The summed E-state index contributed by atoms with van der Waals surface area (Å²) in [6.07, 6.45) is 1.62. The van der Waals surface area contributed by atoms with Crippen LogP contribution in [0.1, 0.15) is 18.3 Å². The second-order valence-electron chi connectivity index (χ2n) is 3.56. The first-order valence-electron chi connectivity index (χ1n) is 4.98. The summed E-state index contributed by atoms with van der Waals surface area (Å²) in [6, 6.07) is 0. The molecule has 0 atom stereocenters. The topological polar surface area (TPSA) is 72.5 Å². The molecule has 0 aliphatic heterocycles. The van der Waals surface area contributed by atoms with E-state index >= 15 is 0 Å². The highest BCUT2D eigenvalue weighted by molar-refractivity contribution is 5.75. The van der Waals surface area contributed by atoms with Crippen molar-refractivity contribution in [3.8, 4) is 11.3 Å². The second kappa shape index (κ2) is 3.42. The number of hydrogen-bond acceptors (Lipinski definition) is 3. The van der Waals surface area contributed by atoms with E-state index in [1.807, 2.05) is 18.5 Å². The highest BCUT2D eigenvalue weighted by Crippen LogP contribution is 2.28. The summed E-state index contributed by atoms with van der Waals surface area (Å²) < 4.78 is 1.96. The van der Waals surface area contributed by atoms with Crippen molar-refractivity contribution in [1.29, 1.82) is 0 Å². The third-order valence-electron chi connectivity index (χ3n) is 2.60. The number of aromatic nitrogens is 4. The molecule has 80 valence electrons. The van der Waals surface area contributed by atoms with Gasteiger partial charge in [-0.1, -0.05) is 0 Å². The van der Waals surface area contributed by atoms with E-state index in [4.69, 9.17) is 5.73 Å². The lowest BCUT2D eigenvalue weighted by Crippen LogP contribution is -1.98. The van der Waals surface area contributed by atoms with Crippen molar-refractivity contribution >= 4 is 5.69 Å². The van der Waals surface area contributed by atoms with Crippen molar-refractivity contribution in [3.05, 3.63) is 17.6 Å². The fourth-order valence-electron chi connectivity index (χ4n) is 1.86. The van der Waals surface area contributed by atoms with Crippen LogP contribution in [0.25, 0.3) is 11.3 Å². The molecule has 0 aromatic carbocycles. The minimum absolute atomic E-state index is 0.664. The quantitative estimate of drug-likeness (QED) is 0.780. The SMILES string of the molecule is CCn1nc(C)c(-c2[nH]ncc2N)c1C. The molecule has 0 radical (unpaired) electrons. The number of hydrogen-bond donors (Lipinski definition) is 2. The van der Waals surface area contributed by atoms with Crippen molar-refractivity contribution in [1.82, 2.24) is 20.0 Å². The predicted octanol–water partition coefficient (Wildman–Crippen LogP) is 1.49. The molecule has 15 heavy (non-hydrogen) atoms. The molecular weight excluding hydrogens is 190 g/mol. The molecular formula is C10H15N5. The molecule has 0 bridgehead atoms. The van der Waals surface area contributed by atoms with Gasteiger partial charge in [-0.3, -0.25) is 9.78 Å². The fourth-order valence-corrected chi connectivity index (χ4v) is 1.86. The van der Waals surface area contributed by atoms with Crippen molar-refractivity contribution in [3.63, 3.8) is 0 Å². The lowest BCUT2D eigenvalue weighted by Gasteiger charge is -2.01. The Labute approximate surface area is 88.3 Å². The molecule has 0 fully saturated rings. The number of nitrogens with zero attached hydrogens (tertiary/aromatic N) is 3. The molecule has 2 aromatic rings. The van der Waals surface area contributed by atoms with E-state index < -0.39 is 0 Å². The van der Waals surface area contributed by atoms with E-state index in [1.54, 1.807) is 6.20 Å². The number of rotatable bonds is 2. The summed E-state index contributed by atoms with van der Waals surface area (Å²) in [5, 5.41) is 11.3. The smallest absolute Gasteiger partial charge is 0.0917 e. The number of H-pyrrole nitrogens is 1. The summed E-state index contributed by atoms with van der Waals surface area (Å²) in [6.45, 7) is 6.95. The van der Waals surface area contributed by atoms with Crippen LogP contribution < -0.4 is 5.73 Å². The van der Waals surface area contributed by atoms with Gasteiger partial charge in [-0.25, -0.2) is 0 Å². The number of anilines is 1. The van der Waals surface area contributed by atoms with Gasteiger partial charge in [-0.05, 0) is 20.8 Å². The van der Waals surface area contributed by atoms with E-state index in [9.17, 15) is 0 Å². The summed E-state index contributed by atoms with van der Waals surface area (Å²) in [4.78, 5) is 0. The predicted molar refractivity (Wildman–Crippen MR) is 59.4 cm³/mol. The van der Waals surface area contributed by atoms with Gasteiger partial charge in [0.15, 0.2) is 0 Å². The highest BCUT2D eigenvalue weighted by atomic mass is 15.3. The maximum atomic E-state index is 5.83. The van der Waals surface area contributed by atoms with Crippen molar-refractivity contribution in [2.45, 2.75) is 27.3 Å². The average molecular weight is 205 g/mol. The fraction of sp³-hybridized carbons (Fsp3) is 0.400. The number of nitrogen functional groups attached to an aromatic ring is 1. The molecule has 0 unspecified atom stereocenters. The lowest BCUT2D eigenvalue weighted by atomic mass is 10.1. The van der Waals surface area contributed by atoms with Crippen LogP contribution in [0.3, 0.4) is 0 Å². The molecule has 2 aromatic heterocycles. The zero-order valence-electron chi connectivity index (χ0n) is 9.20. The van der Waals surface area contributed by atoms with Crippen molar-refractivity contribution in [2.75, 3.05) is 5.73 Å². The Balaban J connectivity index is 2.63. The Kier molecular flexibility index (Phi) is 2.22. The number of aromatic amines is 1. The minimum Gasteiger partial charge on any atom is -0.396 e. The van der Waals surface area contributed by atoms with Crippen LogP contribution in [0.15, 0.2) is 6.20 Å². The Hall–Kier alpha value is -1.78. The van der Waals surface area contributed by atoms with Gasteiger partial charge in [-0.15, -0.1) is 0 Å². The normalized spacial score (nSPS) is 10.9. The minimum atomic E-state index is 0.664. The Morgan fingerprint density at radius 2 is 2.20 bits per heavy atom. The summed E-state index contributed by atoms with van der Waals surface area (Å²) in [5.74, 6) is 0. The van der Waals surface area contributed by atoms with Gasteiger partial charge in [0.05, 0.1) is 23.3 Å². The van der Waals surface area contributed by atoms with Crippen LogP contribution in [0.2, 0.25) is 0 Å². The monoisotopic (exact) mass is 205 g/mol. The molecule has 0 amide bonds. The third kappa shape index (κ3) is 1.40.